The first-order chi connectivity index (χ1) is 8.31. The Hall–Kier alpha value is -0.840. The van der Waals surface area contributed by atoms with Crippen molar-refractivity contribution in [1.29, 1.82) is 0 Å². The molecular weight excluding hydrogens is 312 g/mol. The second-order valence-corrected chi connectivity index (χ2v) is 5.79. The van der Waals surface area contributed by atoms with Crippen LogP contribution in [0.3, 0.4) is 0 Å². The smallest absolute Gasteiger partial charge is 0.407 e. The number of hydrogen-bond acceptors (Lipinski definition) is 3. The third-order valence-corrected chi connectivity index (χ3v) is 3.57. The molecule has 0 radical (unpaired) electrons. The fourth-order valence-electron chi connectivity index (χ4n) is 1.98. The van der Waals surface area contributed by atoms with E-state index in [2.05, 4.69) is 5.32 Å². The molecule has 1 aliphatic heterocycles. The van der Waals surface area contributed by atoms with Gasteiger partial charge in [0.05, 0.1) is 16.1 Å². The Morgan fingerprint density at radius 1 is 1.37 bits per heavy atom. The number of cyclic esters (lactones) is 1. The van der Waals surface area contributed by atoms with Gasteiger partial charge in [0, 0.05) is 5.41 Å². The maximum atomic E-state index is 11.3. The number of carbonyl (C=O) groups is 1. The number of hydrogen-bond donors (Lipinski definition) is 2. The first kappa shape index (κ1) is 16.2. The van der Waals surface area contributed by atoms with Gasteiger partial charge < -0.3 is 15.2 Å². The summed E-state index contributed by atoms with van der Waals surface area (Å²) < 4.78 is 4.96. The van der Waals surface area contributed by atoms with Gasteiger partial charge in [-0.2, -0.15) is 0 Å². The third kappa shape index (κ3) is 3.19. The lowest BCUT2D eigenvalue weighted by atomic mass is 9.80. The van der Waals surface area contributed by atoms with Crippen LogP contribution in [0.1, 0.15) is 25.5 Å². The van der Waals surface area contributed by atoms with E-state index in [0.717, 1.165) is 5.56 Å². The minimum absolute atomic E-state index is 0. The van der Waals surface area contributed by atoms with Crippen molar-refractivity contribution < 1.29 is 14.6 Å². The number of aromatic hydroxyl groups is 1. The largest absolute Gasteiger partial charge is 0.505 e. The predicted octanol–water partition coefficient (Wildman–Crippen LogP) is 3.93. The maximum Gasteiger partial charge on any atom is 0.407 e. The van der Waals surface area contributed by atoms with E-state index in [1.165, 1.54) is 0 Å². The number of halogens is 3. The summed E-state index contributed by atoms with van der Waals surface area (Å²) in [7, 11) is 0. The second-order valence-electron chi connectivity index (χ2n) is 4.98. The topological polar surface area (TPSA) is 58.6 Å². The quantitative estimate of drug-likeness (QED) is 0.822. The molecule has 0 unspecified atom stereocenters. The molecule has 1 fully saturated rings. The number of amides is 1. The molecule has 2 rings (SSSR count). The molecule has 1 atom stereocenters. The van der Waals surface area contributed by atoms with Gasteiger partial charge in [-0.1, -0.05) is 37.0 Å². The van der Waals surface area contributed by atoms with Crippen LogP contribution in [0.15, 0.2) is 12.1 Å². The zero-order valence-electron chi connectivity index (χ0n) is 10.4. The van der Waals surface area contributed by atoms with Crippen molar-refractivity contribution in [3.8, 4) is 5.75 Å². The van der Waals surface area contributed by atoms with Gasteiger partial charge in [-0.05, 0) is 17.7 Å². The molecule has 1 aromatic rings. The number of nitrogens with one attached hydrogen (secondary N) is 1. The van der Waals surface area contributed by atoms with Crippen LogP contribution in [-0.4, -0.2) is 17.8 Å². The Morgan fingerprint density at radius 2 is 1.89 bits per heavy atom. The van der Waals surface area contributed by atoms with Crippen molar-refractivity contribution in [1.82, 2.24) is 5.32 Å². The molecule has 0 aliphatic carbocycles. The summed E-state index contributed by atoms with van der Waals surface area (Å²) in [4.78, 5) is 11.3. The molecule has 106 valence electrons. The number of rotatable bonds is 1. The molecule has 1 amide bonds. The van der Waals surface area contributed by atoms with Crippen LogP contribution >= 0.6 is 35.6 Å². The molecule has 0 spiro atoms. The molecule has 2 N–H and O–H groups in total. The van der Waals surface area contributed by atoms with Gasteiger partial charge in [-0.3, -0.25) is 0 Å². The van der Waals surface area contributed by atoms with E-state index >= 15 is 0 Å². The first-order valence-corrected chi connectivity index (χ1v) is 6.18. The Morgan fingerprint density at radius 3 is 2.42 bits per heavy atom. The van der Waals surface area contributed by atoms with E-state index in [1.807, 2.05) is 13.8 Å². The molecule has 0 aromatic heterocycles. The van der Waals surface area contributed by atoms with Gasteiger partial charge >= 0.3 is 6.09 Å². The van der Waals surface area contributed by atoms with Gasteiger partial charge in [0.1, 0.15) is 6.61 Å². The van der Waals surface area contributed by atoms with Gasteiger partial charge in [0.2, 0.25) is 0 Å². The molecule has 0 bridgehead atoms. The summed E-state index contributed by atoms with van der Waals surface area (Å²) in [6, 6.07) is 2.93. The summed E-state index contributed by atoms with van der Waals surface area (Å²) in [6.07, 6.45) is -0.473. The summed E-state index contributed by atoms with van der Waals surface area (Å²) in [5.74, 6) is -0.154. The van der Waals surface area contributed by atoms with E-state index in [4.69, 9.17) is 27.9 Å². The summed E-state index contributed by atoms with van der Waals surface area (Å²) in [5, 5.41) is 12.6. The number of benzene rings is 1. The highest BCUT2D eigenvalue weighted by Gasteiger charge is 2.38. The minimum Gasteiger partial charge on any atom is -0.505 e. The van der Waals surface area contributed by atoms with E-state index < -0.39 is 6.09 Å². The number of phenolic OH excluding ortho intramolecular Hbond substituents is 1. The van der Waals surface area contributed by atoms with Crippen molar-refractivity contribution in [2.75, 3.05) is 6.61 Å². The average Bonchev–Trinajstić information content (AvgIpc) is 2.28. The van der Waals surface area contributed by atoms with E-state index in [1.54, 1.807) is 12.1 Å². The fourth-order valence-corrected chi connectivity index (χ4v) is 2.48. The van der Waals surface area contributed by atoms with Gasteiger partial charge in [0.25, 0.3) is 0 Å². The average molecular weight is 327 g/mol. The zero-order chi connectivity index (χ0) is 13.5. The number of phenols is 1. The van der Waals surface area contributed by atoms with E-state index in [0.29, 0.717) is 6.61 Å². The van der Waals surface area contributed by atoms with Crippen molar-refractivity contribution in [3.05, 3.63) is 27.7 Å². The molecule has 1 aliphatic rings. The molecule has 7 heteroatoms. The van der Waals surface area contributed by atoms with E-state index in [-0.39, 0.29) is 39.7 Å². The summed E-state index contributed by atoms with van der Waals surface area (Å²) in [5.41, 5.74) is 0.446. The van der Waals surface area contributed by atoms with Crippen molar-refractivity contribution in [2.45, 2.75) is 19.9 Å². The van der Waals surface area contributed by atoms with Crippen molar-refractivity contribution in [3.63, 3.8) is 0 Å². The number of ether oxygens (including phenoxy) is 1. The molecule has 1 saturated heterocycles. The van der Waals surface area contributed by atoms with Gasteiger partial charge in [-0.25, -0.2) is 4.79 Å². The standard InChI is InChI=1S/C12H13Cl2NO3.ClH/c1-12(2)5-18-11(17)15-10(12)6-3-7(13)9(16)8(14)4-6;/h3-4,10,16H,5H2,1-2H3,(H,15,17);1H/t10-;/m0./s1. The molecule has 4 nitrogen and oxygen atoms in total. The Labute approximate surface area is 127 Å². The second kappa shape index (κ2) is 5.65. The molecule has 19 heavy (non-hydrogen) atoms. The first-order valence-electron chi connectivity index (χ1n) is 5.42. The summed E-state index contributed by atoms with van der Waals surface area (Å²) >= 11 is 11.8. The van der Waals surface area contributed by atoms with Crippen LogP contribution in [0.5, 0.6) is 5.75 Å². The zero-order valence-corrected chi connectivity index (χ0v) is 12.7. The Bertz CT molecular complexity index is 482. The highest BCUT2D eigenvalue weighted by molar-refractivity contribution is 6.37. The van der Waals surface area contributed by atoms with E-state index in [9.17, 15) is 9.90 Å². The van der Waals surface area contributed by atoms with Crippen LogP contribution in [-0.2, 0) is 4.74 Å². The molecule has 1 aromatic carbocycles. The lowest BCUT2D eigenvalue weighted by molar-refractivity contribution is 0.0387. The fraction of sp³-hybridized carbons (Fsp3) is 0.417. The normalized spacial score (nSPS) is 21.1. The third-order valence-electron chi connectivity index (χ3n) is 2.99. The van der Waals surface area contributed by atoms with Crippen LogP contribution in [0.2, 0.25) is 10.0 Å². The highest BCUT2D eigenvalue weighted by Crippen LogP contribution is 2.41. The Balaban J connectivity index is 0.00000180. The van der Waals surface area contributed by atoms with Crippen molar-refractivity contribution in [2.24, 2.45) is 5.41 Å². The predicted molar refractivity (Wildman–Crippen MR) is 76.4 cm³/mol. The van der Waals surface area contributed by atoms with Crippen LogP contribution in [0.4, 0.5) is 4.79 Å². The SMILES string of the molecule is CC1(C)COC(=O)N[C@H]1c1cc(Cl)c(O)c(Cl)c1.Cl. The number of alkyl carbamates (subject to hydrolysis) is 1. The molecule has 0 saturated carbocycles. The monoisotopic (exact) mass is 325 g/mol. The summed E-state index contributed by atoms with van der Waals surface area (Å²) in [6.45, 7) is 4.23. The Kier molecular flexibility index (Phi) is 4.82. The van der Waals surface area contributed by atoms with Gasteiger partial charge in [0.15, 0.2) is 5.75 Å². The lowest BCUT2D eigenvalue weighted by Crippen LogP contribution is -2.46. The van der Waals surface area contributed by atoms with Crippen molar-refractivity contribution >= 4 is 41.7 Å². The highest BCUT2D eigenvalue weighted by atomic mass is 35.5. The minimum atomic E-state index is -0.473. The van der Waals surface area contributed by atoms with Crippen LogP contribution in [0, 0.1) is 5.41 Å². The van der Waals surface area contributed by atoms with Gasteiger partial charge in [-0.15, -0.1) is 12.4 Å². The molecule has 1 heterocycles. The molecular formula is C12H14Cl3NO3. The number of carbonyl (C=O) groups excluding carboxylic acids is 1. The van der Waals surface area contributed by atoms with Crippen LogP contribution < -0.4 is 5.32 Å². The maximum absolute atomic E-state index is 11.3. The lowest BCUT2D eigenvalue weighted by Gasteiger charge is -2.38. The van der Waals surface area contributed by atoms with Crippen LogP contribution in [0.25, 0.3) is 0 Å².